The van der Waals surface area contributed by atoms with Crippen molar-refractivity contribution in [3.8, 4) is 0 Å². The van der Waals surface area contributed by atoms with E-state index < -0.39 is 0 Å². The molecule has 88 valence electrons. The molecular formula is C14H21NO. The van der Waals surface area contributed by atoms with E-state index in [0.29, 0.717) is 6.04 Å². The summed E-state index contributed by atoms with van der Waals surface area (Å²) >= 11 is 0. The number of benzene rings is 1. The Morgan fingerprint density at radius 2 is 2.06 bits per heavy atom. The van der Waals surface area contributed by atoms with Gasteiger partial charge in [0.15, 0.2) is 0 Å². The molecule has 2 N–H and O–H groups in total. The van der Waals surface area contributed by atoms with E-state index in [2.05, 4.69) is 17.4 Å². The van der Waals surface area contributed by atoms with E-state index in [9.17, 15) is 5.11 Å². The minimum absolute atomic E-state index is 0.359. The molecule has 0 saturated carbocycles. The third kappa shape index (κ3) is 3.06. The molecule has 1 aliphatic rings. The van der Waals surface area contributed by atoms with Gasteiger partial charge in [-0.15, -0.1) is 0 Å². The molecule has 2 heteroatoms. The van der Waals surface area contributed by atoms with Crippen molar-refractivity contribution in [3.05, 3.63) is 35.4 Å². The van der Waals surface area contributed by atoms with Gasteiger partial charge in [-0.1, -0.05) is 30.7 Å². The second-order valence-electron chi connectivity index (χ2n) is 4.77. The summed E-state index contributed by atoms with van der Waals surface area (Å²) in [5, 5.41) is 13.0. The first-order chi connectivity index (χ1) is 7.75. The normalized spacial score (nSPS) is 23.0. The fraction of sp³-hybridized carbons (Fsp3) is 0.571. The van der Waals surface area contributed by atoms with E-state index in [4.69, 9.17) is 0 Å². The predicted octanol–water partition coefficient (Wildman–Crippen LogP) is 2.42. The van der Waals surface area contributed by atoms with Gasteiger partial charge in [-0.05, 0) is 43.9 Å². The SMILES string of the molecule is CC(O)c1ccc(CC2CCCCN2)cc1. The summed E-state index contributed by atoms with van der Waals surface area (Å²) in [5.41, 5.74) is 2.36. The highest BCUT2D eigenvalue weighted by atomic mass is 16.3. The van der Waals surface area contributed by atoms with E-state index in [1.54, 1.807) is 6.92 Å². The lowest BCUT2D eigenvalue weighted by Gasteiger charge is -2.23. The van der Waals surface area contributed by atoms with Crippen LogP contribution in [0.2, 0.25) is 0 Å². The van der Waals surface area contributed by atoms with Crippen LogP contribution in [0.4, 0.5) is 0 Å². The standard InChI is InChI=1S/C14H21NO/c1-11(16)13-7-5-12(6-8-13)10-14-4-2-3-9-15-14/h5-8,11,14-16H,2-4,9-10H2,1H3. The zero-order chi connectivity index (χ0) is 11.4. The van der Waals surface area contributed by atoms with Gasteiger partial charge in [0, 0.05) is 6.04 Å². The molecule has 2 atom stereocenters. The van der Waals surface area contributed by atoms with Crippen LogP contribution in [0.1, 0.15) is 43.4 Å². The van der Waals surface area contributed by atoms with E-state index in [1.165, 1.54) is 24.8 Å². The number of rotatable bonds is 3. The topological polar surface area (TPSA) is 32.3 Å². The summed E-state index contributed by atoms with van der Waals surface area (Å²) in [5.74, 6) is 0. The van der Waals surface area contributed by atoms with Gasteiger partial charge in [0.2, 0.25) is 0 Å². The monoisotopic (exact) mass is 219 g/mol. The van der Waals surface area contributed by atoms with Gasteiger partial charge in [0.25, 0.3) is 0 Å². The summed E-state index contributed by atoms with van der Waals surface area (Å²) in [7, 11) is 0. The number of piperidine rings is 1. The molecule has 2 nitrogen and oxygen atoms in total. The number of hydrogen-bond donors (Lipinski definition) is 2. The highest BCUT2D eigenvalue weighted by Crippen LogP contribution is 2.16. The fourth-order valence-corrected chi connectivity index (χ4v) is 2.31. The Balaban J connectivity index is 1.93. The Bertz CT molecular complexity index is 312. The fourth-order valence-electron chi connectivity index (χ4n) is 2.31. The summed E-state index contributed by atoms with van der Waals surface area (Å²) in [6.07, 6.45) is 4.71. The van der Waals surface area contributed by atoms with E-state index in [-0.39, 0.29) is 6.10 Å². The first-order valence-corrected chi connectivity index (χ1v) is 6.26. The molecule has 2 unspecified atom stereocenters. The maximum atomic E-state index is 9.42. The molecule has 2 rings (SSSR count). The van der Waals surface area contributed by atoms with Crippen molar-refractivity contribution in [2.45, 2.75) is 44.8 Å². The first kappa shape index (κ1) is 11.6. The average molecular weight is 219 g/mol. The minimum Gasteiger partial charge on any atom is -0.389 e. The third-order valence-electron chi connectivity index (χ3n) is 3.36. The van der Waals surface area contributed by atoms with Crippen LogP contribution in [0.3, 0.4) is 0 Å². The summed E-state index contributed by atoms with van der Waals surface area (Å²) < 4.78 is 0. The Kier molecular flexibility index (Phi) is 3.97. The average Bonchev–Trinajstić information content (AvgIpc) is 2.31. The zero-order valence-corrected chi connectivity index (χ0v) is 9.95. The number of hydrogen-bond acceptors (Lipinski definition) is 2. The summed E-state index contributed by atoms with van der Waals surface area (Å²) in [6, 6.07) is 8.98. The van der Waals surface area contributed by atoms with Gasteiger partial charge in [0.05, 0.1) is 6.10 Å². The van der Waals surface area contributed by atoms with Crippen LogP contribution in [0.15, 0.2) is 24.3 Å². The molecule has 0 aromatic heterocycles. The molecule has 0 amide bonds. The minimum atomic E-state index is -0.359. The second-order valence-corrected chi connectivity index (χ2v) is 4.77. The molecule has 0 bridgehead atoms. The molecule has 0 aliphatic carbocycles. The number of nitrogens with one attached hydrogen (secondary N) is 1. The molecule has 1 saturated heterocycles. The van der Waals surface area contributed by atoms with E-state index in [0.717, 1.165) is 18.5 Å². The van der Waals surface area contributed by atoms with E-state index in [1.807, 2.05) is 12.1 Å². The van der Waals surface area contributed by atoms with Gasteiger partial charge in [-0.25, -0.2) is 0 Å². The van der Waals surface area contributed by atoms with E-state index >= 15 is 0 Å². The molecule has 1 aliphatic heterocycles. The van der Waals surface area contributed by atoms with Crippen LogP contribution in [0.25, 0.3) is 0 Å². The molecule has 0 spiro atoms. The Morgan fingerprint density at radius 3 is 2.62 bits per heavy atom. The van der Waals surface area contributed by atoms with Gasteiger partial charge < -0.3 is 10.4 Å². The Morgan fingerprint density at radius 1 is 1.31 bits per heavy atom. The van der Waals surface area contributed by atoms with Crippen molar-refractivity contribution in [1.29, 1.82) is 0 Å². The molecule has 1 fully saturated rings. The van der Waals surface area contributed by atoms with Crippen LogP contribution >= 0.6 is 0 Å². The van der Waals surface area contributed by atoms with Crippen molar-refractivity contribution < 1.29 is 5.11 Å². The van der Waals surface area contributed by atoms with Gasteiger partial charge >= 0.3 is 0 Å². The van der Waals surface area contributed by atoms with Gasteiger partial charge in [-0.3, -0.25) is 0 Å². The first-order valence-electron chi connectivity index (χ1n) is 6.26. The highest BCUT2D eigenvalue weighted by Gasteiger charge is 2.12. The lowest BCUT2D eigenvalue weighted by molar-refractivity contribution is 0.199. The molecule has 0 radical (unpaired) electrons. The number of aliphatic hydroxyl groups excluding tert-OH is 1. The van der Waals surface area contributed by atoms with Crippen LogP contribution < -0.4 is 5.32 Å². The predicted molar refractivity (Wildman–Crippen MR) is 66.4 cm³/mol. The quantitative estimate of drug-likeness (QED) is 0.818. The lowest BCUT2D eigenvalue weighted by Crippen LogP contribution is -2.35. The van der Waals surface area contributed by atoms with Crippen LogP contribution in [0.5, 0.6) is 0 Å². The maximum Gasteiger partial charge on any atom is 0.0761 e. The Labute approximate surface area is 97.7 Å². The second kappa shape index (κ2) is 5.46. The largest absolute Gasteiger partial charge is 0.389 e. The zero-order valence-electron chi connectivity index (χ0n) is 9.95. The van der Waals surface area contributed by atoms with Crippen LogP contribution in [-0.4, -0.2) is 17.7 Å². The number of aliphatic hydroxyl groups is 1. The molecule has 16 heavy (non-hydrogen) atoms. The summed E-state index contributed by atoms with van der Waals surface area (Å²) in [4.78, 5) is 0. The molecule has 1 heterocycles. The van der Waals surface area contributed by atoms with Crippen molar-refractivity contribution in [2.75, 3.05) is 6.54 Å². The van der Waals surface area contributed by atoms with Crippen molar-refractivity contribution in [3.63, 3.8) is 0 Å². The van der Waals surface area contributed by atoms with Crippen molar-refractivity contribution >= 4 is 0 Å². The van der Waals surface area contributed by atoms with Crippen LogP contribution in [0, 0.1) is 0 Å². The molecule has 1 aromatic rings. The summed E-state index contributed by atoms with van der Waals surface area (Å²) in [6.45, 7) is 2.97. The smallest absolute Gasteiger partial charge is 0.0761 e. The third-order valence-corrected chi connectivity index (χ3v) is 3.36. The van der Waals surface area contributed by atoms with Crippen LogP contribution in [-0.2, 0) is 6.42 Å². The lowest BCUT2D eigenvalue weighted by atomic mass is 9.97. The molecular weight excluding hydrogens is 198 g/mol. The van der Waals surface area contributed by atoms with Crippen molar-refractivity contribution in [2.24, 2.45) is 0 Å². The van der Waals surface area contributed by atoms with Gasteiger partial charge in [0.1, 0.15) is 0 Å². The van der Waals surface area contributed by atoms with Crippen molar-refractivity contribution in [1.82, 2.24) is 5.32 Å². The van der Waals surface area contributed by atoms with Gasteiger partial charge in [-0.2, -0.15) is 0 Å². The maximum absolute atomic E-state index is 9.42. The molecule has 1 aromatic carbocycles. The Hall–Kier alpha value is -0.860. The highest BCUT2D eigenvalue weighted by molar-refractivity contribution is 5.24.